The minimum absolute atomic E-state index is 0. The molecular formula is FeLiMnO4PV+2. The quantitative estimate of drug-likeness (QED) is 0.322. The zero-order valence-corrected chi connectivity index (χ0v) is 8.83. The monoisotopic (exact) mass is 264 g/mol. The van der Waals surface area contributed by atoms with Crippen molar-refractivity contribution in [3.05, 3.63) is 0 Å². The second-order valence-corrected chi connectivity index (χ2v) is 1.34. The predicted molar refractivity (Wildman–Crippen MR) is 7.61 cm³/mol. The van der Waals surface area contributed by atoms with Gasteiger partial charge in [-0.2, -0.15) is 7.82 Å². The van der Waals surface area contributed by atoms with Crippen LogP contribution >= 0.6 is 7.82 Å². The summed E-state index contributed by atoms with van der Waals surface area (Å²) in [5.41, 5.74) is 0. The fraction of sp³-hybridized carbons (Fsp3) is 0. The van der Waals surface area contributed by atoms with E-state index >= 15 is 0 Å². The first kappa shape index (κ1) is 30.2. The summed E-state index contributed by atoms with van der Waals surface area (Å²) < 4.78 is 8.55. The van der Waals surface area contributed by atoms with Crippen LogP contribution in [0.1, 0.15) is 0 Å². The van der Waals surface area contributed by atoms with Crippen molar-refractivity contribution in [3.8, 4) is 0 Å². The third-order valence-electron chi connectivity index (χ3n) is 0. The molecule has 0 saturated heterocycles. The number of hydrogen-bond donors (Lipinski definition) is 0. The van der Waals surface area contributed by atoms with Crippen molar-refractivity contribution in [3.63, 3.8) is 0 Å². The molecule has 0 aliphatic heterocycles. The first-order valence-electron chi connectivity index (χ1n) is 0.730. The molecule has 0 aliphatic carbocycles. The van der Waals surface area contributed by atoms with Crippen LogP contribution in [0.25, 0.3) is 0 Å². The van der Waals surface area contributed by atoms with Gasteiger partial charge in [-0.1, -0.05) is 0 Å². The largest absolute Gasteiger partial charge is 2.00 e. The van der Waals surface area contributed by atoms with Crippen LogP contribution in [0.3, 0.4) is 0 Å². The normalized spacial score (nSPS) is 6.56. The summed E-state index contributed by atoms with van der Waals surface area (Å²) in [6.45, 7) is 0. The molecule has 0 heterocycles. The number of hydrogen-bond acceptors (Lipinski definition) is 4. The number of rotatable bonds is 0. The van der Waals surface area contributed by atoms with E-state index in [9.17, 15) is 0 Å². The van der Waals surface area contributed by atoms with E-state index in [1.54, 1.807) is 0 Å². The van der Waals surface area contributed by atoms with E-state index in [4.69, 9.17) is 19.2 Å². The van der Waals surface area contributed by atoms with Crippen molar-refractivity contribution in [2.45, 2.75) is 0 Å². The van der Waals surface area contributed by atoms with Crippen molar-refractivity contribution >= 4 is 7.82 Å². The van der Waals surface area contributed by atoms with E-state index in [-0.39, 0.29) is 71.6 Å². The summed E-state index contributed by atoms with van der Waals surface area (Å²) in [4.78, 5) is 25.6. The summed E-state index contributed by atoms with van der Waals surface area (Å²) in [5.74, 6) is 0. The van der Waals surface area contributed by atoms with Crippen molar-refractivity contribution < 1.29 is 90.8 Å². The molecule has 4 nitrogen and oxygen atoms in total. The average molecular weight is 264 g/mol. The van der Waals surface area contributed by atoms with Crippen molar-refractivity contribution in [1.82, 2.24) is 0 Å². The fourth-order valence-electron chi connectivity index (χ4n) is 0. The molecule has 0 bridgehead atoms. The van der Waals surface area contributed by atoms with Crippen LogP contribution in [0.2, 0.25) is 0 Å². The Kier molecular flexibility index (Phi) is 43.4. The van der Waals surface area contributed by atoms with Crippen molar-refractivity contribution in [2.24, 2.45) is 0 Å². The predicted octanol–water partition coefficient (Wildman–Crippen LogP) is -5.83. The topological polar surface area (TPSA) is 86.2 Å². The van der Waals surface area contributed by atoms with Crippen LogP contribution in [0.4, 0.5) is 0 Å². The Morgan fingerprint density at radius 1 is 1.11 bits per heavy atom. The zero-order chi connectivity index (χ0) is 4.50. The molecular weight excluding hydrogens is 264 g/mol. The van der Waals surface area contributed by atoms with E-state index in [0.717, 1.165) is 0 Å². The van der Waals surface area contributed by atoms with Gasteiger partial charge in [0.1, 0.15) is 0 Å². The number of phosphoric acid groups is 1. The molecule has 0 unspecified atom stereocenters. The van der Waals surface area contributed by atoms with Crippen LogP contribution in [-0.4, -0.2) is 0 Å². The van der Waals surface area contributed by atoms with Crippen LogP contribution in [0.15, 0.2) is 0 Å². The Morgan fingerprint density at radius 3 is 1.11 bits per heavy atom. The van der Waals surface area contributed by atoms with E-state index in [2.05, 4.69) is 0 Å². The Morgan fingerprint density at radius 2 is 1.11 bits per heavy atom. The summed E-state index contributed by atoms with van der Waals surface area (Å²) in [6, 6.07) is 0. The van der Waals surface area contributed by atoms with Crippen LogP contribution in [0, 0.1) is 0 Å². The first-order valence-corrected chi connectivity index (χ1v) is 2.19. The van der Waals surface area contributed by atoms with Gasteiger partial charge in [0, 0.05) is 18.6 Å². The Bertz CT molecular complexity index is 66.7. The smallest absolute Gasteiger partial charge is 0.822 e. The standard InChI is InChI=1S/Fe.Li.Mn.H3O4P.V/c;;;1-5(2,3)4;/h;;;(H3,1,2,3,4);/q+2;+1;+2;;/p-3. The van der Waals surface area contributed by atoms with Gasteiger partial charge in [-0.15, -0.1) is 0 Å². The van der Waals surface area contributed by atoms with E-state index < -0.39 is 7.82 Å². The van der Waals surface area contributed by atoms with Gasteiger partial charge in [0.25, 0.3) is 0 Å². The Labute approximate surface area is 97.8 Å². The third kappa shape index (κ3) is 132. The molecule has 0 saturated carbocycles. The maximum atomic E-state index is 8.55. The van der Waals surface area contributed by atoms with Crippen molar-refractivity contribution in [2.75, 3.05) is 0 Å². The Balaban J connectivity index is -0.0000000133. The second kappa shape index (κ2) is 13.0. The van der Waals surface area contributed by atoms with Gasteiger partial charge in [0.2, 0.25) is 0 Å². The molecule has 2 radical (unpaired) electrons. The van der Waals surface area contributed by atoms with E-state index in [1.807, 2.05) is 0 Å². The molecule has 9 heteroatoms. The van der Waals surface area contributed by atoms with Crippen molar-refractivity contribution in [1.29, 1.82) is 0 Å². The molecule has 0 spiro atoms. The molecule has 0 rings (SSSR count). The summed E-state index contributed by atoms with van der Waals surface area (Å²) in [6.07, 6.45) is 0. The van der Waals surface area contributed by atoms with Gasteiger partial charge < -0.3 is 19.2 Å². The van der Waals surface area contributed by atoms with Gasteiger partial charge in [0.05, 0.1) is 0 Å². The molecule has 0 N–H and O–H groups in total. The maximum absolute atomic E-state index is 8.55. The molecule has 0 fully saturated rings. The van der Waals surface area contributed by atoms with Gasteiger partial charge in [0.15, 0.2) is 0 Å². The Hall–Kier alpha value is 2.33. The molecule has 0 aromatic carbocycles. The minimum atomic E-state index is -5.39. The minimum Gasteiger partial charge on any atom is -0.822 e. The first-order chi connectivity index (χ1) is 2.00. The molecule has 0 aromatic rings. The van der Waals surface area contributed by atoms with Gasteiger partial charge in [-0.05, 0) is 0 Å². The average Bonchev–Trinajstić information content (AvgIpc) is 0.722. The molecule has 0 aliphatic rings. The molecule has 0 atom stereocenters. The molecule has 0 amide bonds. The SMILES string of the molecule is O=P([O-])([O-])[O-].[Fe+2].[Li+].[Mn+2].[V]. The fourth-order valence-corrected chi connectivity index (χ4v) is 0. The van der Waals surface area contributed by atoms with Crippen LogP contribution < -0.4 is 33.5 Å². The molecule has 9 heavy (non-hydrogen) atoms. The second-order valence-electron chi connectivity index (χ2n) is 0.447. The summed E-state index contributed by atoms with van der Waals surface area (Å²) in [5, 5.41) is 0. The maximum Gasteiger partial charge on any atom is 2.00 e. The van der Waals surface area contributed by atoms with Crippen LogP contribution in [-0.2, 0) is 57.3 Å². The van der Waals surface area contributed by atoms with E-state index in [1.165, 1.54) is 0 Å². The summed E-state index contributed by atoms with van der Waals surface area (Å²) >= 11 is 0. The molecule has 0 aromatic heterocycles. The van der Waals surface area contributed by atoms with E-state index in [0.29, 0.717) is 0 Å². The van der Waals surface area contributed by atoms with Gasteiger partial charge >= 0.3 is 53.0 Å². The zero-order valence-electron chi connectivity index (χ0n) is 4.26. The van der Waals surface area contributed by atoms with Gasteiger partial charge in [-0.25, -0.2) is 0 Å². The van der Waals surface area contributed by atoms with Gasteiger partial charge in [-0.3, -0.25) is 0 Å². The third-order valence-corrected chi connectivity index (χ3v) is 0. The molecule has 48 valence electrons. The summed E-state index contributed by atoms with van der Waals surface area (Å²) in [7, 11) is -5.39. The van der Waals surface area contributed by atoms with Crippen LogP contribution in [0.5, 0.6) is 0 Å².